The van der Waals surface area contributed by atoms with Gasteiger partial charge < -0.3 is 10.4 Å². The molecule has 1 saturated carbocycles. The van der Waals surface area contributed by atoms with Crippen molar-refractivity contribution >= 4 is 23.5 Å². The van der Waals surface area contributed by atoms with Gasteiger partial charge in [0.15, 0.2) is 0 Å². The van der Waals surface area contributed by atoms with Crippen LogP contribution in [-0.2, 0) is 14.4 Å². The Labute approximate surface area is 123 Å². The molecule has 0 aromatic rings. The molecule has 0 aromatic heterocycles. The van der Waals surface area contributed by atoms with Crippen LogP contribution in [0.1, 0.15) is 45.4 Å². The normalized spacial score (nSPS) is 29.8. The fraction of sp³-hybridized carbons (Fsp3) is 0.714. The Bertz CT molecular complexity index is 492. The van der Waals surface area contributed by atoms with Gasteiger partial charge in [-0.25, -0.2) is 9.80 Å². The molecule has 1 fully saturated rings. The van der Waals surface area contributed by atoms with Crippen molar-refractivity contribution in [2.24, 2.45) is 11.0 Å². The predicted molar refractivity (Wildman–Crippen MR) is 75.6 cm³/mol. The molecule has 2 aliphatic rings. The van der Waals surface area contributed by atoms with Crippen molar-refractivity contribution in [3.8, 4) is 0 Å². The van der Waals surface area contributed by atoms with E-state index in [9.17, 15) is 19.5 Å². The van der Waals surface area contributed by atoms with Crippen LogP contribution in [0.4, 0.5) is 0 Å². The second kappa shape index (κ2) is 5.83. The number of carbonyl (C=O) groups is 3. The molecule has 2 N–H and O–H groups in total. The first-order valence-corrected chi connectivity index (χ1v) is 7.24. The number of carbonyl (C=O) groups excluding carboxylic acids is 2. The lowest BCUT2D eigenvalue weighted by Gasteiger charge is -2.36. The van der Waals surface area contributed by atoms with Crippen molar-refractivity contribution < 1.29 is 19.5 Å². The van der Waals surface area contributed by atoms with E-state index in [1.165, 1.54) is 7.05 Å². The number of carboxylic acids is 1. The van der Waals surface area contributed by atoms with Gasteiger partial charge in [-0.15, -0.1) is 0 Å². The zero-order chi connectivity index (χ0) is 15.6. The molecule has 0 atom stereocenters. The maximum Gasteiger partial charge on any atom is 0.329 e. The largest absolute Gasteiger partial charge is 0.480 e. The van der Waals surface area contributed by atoms with Gasteiger partial charge in [0.05, 0.1) is 0 Å². The summed E-state index contributed by atoms with van der Waals surface area (Å²) in [5.41, 5.74) is -0.983. The van der Waals surface area contributed by atoms with Gasteiger partial charge in [-0.3, -0.25) is 9.59 Å². The quantitative estimate of drug-likeness (QED) is 0.802. The number of amides is 2. The first-order chi connectivity index (χ1) is 9.84. The first-order valence-electron chi connectivity index (χ1n) is 7.24. The fourth-order valence-electron chi connectivity index (χ4n) is 2.77. The predicted octanol–water partition coefficient (Wildman–Crippen LogP) is 0.744. The van der Waals surface area contributed by atoms with Crippen molar-refractivity contribution in [2.75, 3.05) is 7.05 Å². The van der Waals surface area contributed by atoms with Crippen molar-refractivity contribution in [1.29, 1.82) is 0 Å². The van der Waals surface area contributed by atoms with Crippen LogP contribution in [0.15, 0.2) is 5.10 Å². The SMILES string of the molecule is CC1CCC(NC(=O)C2=NN(C)C(=O)CC2)(C(=O)O)CC1. The zero-order valence-corrected chi connectivity index (χ0v) is 12.4. The van der Waals surface area contributed by atoms with E-state index in [0.717, 1.165) is 17.9 Å². The highest BCUT2D eigenvalue weighted by Gasteiger charge is 2.43. The highest BCUT2D eigenvalue weighted by atomic mass is 16.4. The summed E-state index contributed by atoms with van der Waals surface area (Å²) in [6.07, 6.45) is 2.88. The molecule has 0 saturated heterocycles. The third-order valence-electron chi connectivity index (χ3n) is 4.36. The Kier molecular flexibility index (Phi) is 4.29. The molecule has 7 heteroatoms. The van der Waals surface area contributed by atoms with E-state index < -0.39 is 17.4 Å². The van der Waals surface area contributed by atoms with Crippen molar-refractivity contribution in [2.45, 2.75) is 51.0 Å². The molecule has 2 rings (SSSR count). The molecule has 116 valence electrons. The van der Waals surface area contributed by atoms with Crippen LogP contribution in [0.25, 0.3) is 0 Å². The minimum Gasteiger partial charge on any atom is -0.480 e. The van der Waals surface area contributed by atoms with Crippen molar-refractivity contribution in [3.05, 3.63) is 0 Å². The maximum atomic E-state index is 12.3. The van der Waals surface area contributed by atoms with Gasteiger partial charge >= 0.3 is 5.97 Å². The number of nitrogens with zero attached hydrogens (tertiary/aromatic N) is 2. The van der Waals surface area contributed by atoms with Crippen LogP contribution in [0, 0.1) is 5.92 Å². The van der Waals surface area contributed by atoms with Crippen LogP contribution in [0.3, 0.4) is 0 Å². The van der Waals surface area contributed by atoms with Crippen LogP contribution in [-0.4, -0.2) is 46.2 Å². The Hall–Kier alpha value is -1.92. The Balaban J connectivity index is 2.11. The highest BCUT2D eigenvalue weighted by molar-refractivity contribution is 6.40. The molecule has 21 heavy (non-hydrogen) atoms. The van der Waals surface area contributed by atoms with Gasteiger partial charge in [-0.1, -0.05) is 6.92 Å². The Morgan fingerprint density at radius 1 is 1.33 bits per heavy atom. The number of hydrogen-bond acceptors (Lipinski definition) is 4. The van der Waals surface area contributed by atoms with Gasteiger partial charge in [0.1, 0.15) is 11.3 Å². The molecule has 0 spiro atoms. The van der Waals surface area contributed by atoms with Gasteiger partial charge in [-0.2, -0.15) is 5.10 Å². The lowest BCUT2D eigenvalue weighted by atomic mass is 9.77. The summed E-state index contributed by atoms with van der Waals surface area (Å²) < 4.78 is 0. The number of hydrogen-bond donors (Lipinski definition) is 2. The average Bonchev–Trinajstić information content (AvgIpc) is 2.44. The van der Waals surface area contributed by atoms with Gasteiger partial charge in [0.25, 0.3) is 5.91 Å². The number of rotatable bonds is 3. The van der Waals surface area contributed by atoms with E-state index >= 15 is 0 Å². The Morgan fingerprint density at radius 2 is 1.95 bits per heavy atom. The molecular formula is C14H21N3O4. The minimum absolute atomic E-state index is 0.147. The summed E-state index contributed by atoms with van der Waals surface area (Å²) in [5.74, 6) is -1.15. The summed E-state index contributed by atoms with van der Waals surface area (Å²) in [5, 5.41) is 17.2. The number of hydrazone groups is 1. The molecule has 0 aromatic carbocycles. The van der Waals surface area contributed by atoms with Crippen molar-refractivity contribution in [3.63, 3.8) is 0 Å². The lowest BCUT2D eigenvalue weighted by Crippen LogP contribution is -2.58. The van der Waals surface area contributed by atoms with Gasteiger partial charge in [-0.05, 0) is 31.6 Å². The highest BCUT2D eigenvalue weighted by Crippen LogP contribution is 2.32. The molecule has 1 heterocycles. The Morgan fingerprint density at radius 3 is 2.48 bits per heavy atom. The van der Waals surface area contributed by atoms with E-state index in [1.807, 2.05) is 0 Å². The monoisotopic (exact) mass is 295 g/mol. The second-order valence-electron chi connectivity index (χ2n) is 5.99. The van der Waals surface area contributed by atoms with E-state index in [2.05, 4.69) is 17.3 Å². The fourth-order valence-corrected chi connectivity index (χ4v) is 2.77. The molecule has 0 radical (unpaired) electrons. The molecule has 0 bridgehead atoms. The molecule has 0 unspecified atom stereocenters. The van der Waals surface area contributed by atoms with Gasteiger partial charge in [0, 0.05) is 19.9 Å². The summed E-state index contributed by atoms with van der Waals surface area (Å²) >= 11 is 0. The van der Waals surface area contributed by atoms with E-state index in [1.54, 1.807) is 0 Å². The van der Waals surface area contributed by atoms with Crippen molar-refractivity contribution in [1.82, 2.24) is 10.3 Å². The van der Waals surface area contributed by atoms with Gasteiger partial charge in [0.2, 0.25) is 5.91 Å². The summed E-state index contributed by atoms with van der Waals surface area (Å²) in [4.78, 5) is 35.2. The second-order valence-corrected chi connectivity index (χ2v) is 5.99. The number of nitrogens with one attached hydrogen (secondary N) is 1. The average molecular weight is 295 g/mol. The van der Waals surface area contributed by atoms with E-state index in [0.29, 0.717) is 18.8 Å². The molecule has 2 amide bonds. The number of aliphatic carboxylic acids is 1. The lowest BCUT2D eigenvalue weighted by molar-refractivity contribution is -0.148. The van der Waals surface area contributed by atoms with E-state index in [-0.39, 0.29) is 24.5 Å². The molecular weight excluding hydrogens is 274 g/mol. The van der Waals surface area contributed by atoms with Crippen LogP contribution in [0.5, 0.6) is 0 Å². The maximum absolute atomic E-state index is 12.3. The summed E-state index contributed by atoms with van der Waals surface area (Å²) in [6, 6.07) is 0. The third kappa shape index (κ3) is 3.22. The standard InChI is InChI=1S/C14H21N3O4/c1-9-5-7-14(8-6-9,13(20)21)15-12(19)10-3-4-11(18)17(2)16-10/h9H,3-8H2,1-2H3,(H,15,19)(H,20,21). The minimum atomic E-state index is -1.20. The summed E-state index contributed by atoms with van der Waals surface area (Å²) in [6.45, 7) is 2.08. The molecule has 1 aliphatic carbocycles. The smallest absolute Gasteiger partial charge is 0.329 e. The molecule has 1 aliphatic heterocycles. The van der Waals surface area contributed by atoms with Crippen LogP contribution < -0.4 is 5.32 Å². The van der Waals surface area contributed by atoms with Crippen LogP contribution in [0.2, 0.25) is 0 Å². The van der Waals surface area contributed by atoms with Crippen LogP contribution >= 0.6 is 0 Å². The summed E-state index contributed by atoms with van der Waals surface area (Å²) in [7, 11) is 1.49. The third-order valence-corrected chi connectivity index (χ3v) is 4.36. The number of carboxylic acid groups (broad SMARTS) is 1. The van der Waals surface area contributed by atoms with E-state index in [4.69, 9.17) is 0 Å². The molecule has 7 nitrogen and oxygen atoms in total. The first kappa shape index (κ1) is 15.5. The topological polar surface area (TPSA) is 99.1 Å². The zero-order valence-electron chi connectivity index (χ0n) is 12.4.